The molecule has 0 aliphatic rings. The monoisotopic (exact) mass is 292 g/mol. The highest BCUT2D eigenvalue weighted by Gasteiger charge is 2.25. The molecule has 1 aromatic carbocycles. The van der Waals surface area contributed by atoms with E-state index in [1.54, 1.807) is 19.9 Å². The maximum Gasteiger partial charge on any atom is 0.348 e. The SMILES string of the molecule is COC(=O)[C@H](C)[C@H](C)OC(=O)c1cc2ccccc2s1. The number of rotatable bonds is 4. The summed E-state index contributed by atoms with van der Waals surface area (Å²) in [5.41, 5.74) is 0. The van der Waals surface area contributed by atoms with Gasteiger partial charge in [0.25, 0.3) is 0 Å². The first-order valence-electron chi connectivity index (χ1n) is 6.30. The van der Waals surface area contributed by atoms with Crippen LogP contribution < -0.4 is 0 Å². The summed E-state index contributed by atoms with van der Waals surface area (Å²) in [5, 5.41) is 1.01. The third-order valence-electron chi connectivity index (χ3n) is 3.20. The molecule has 5 heteroatoms. The minimum atomic E-state index is -0.528. The molecular formula is C15H16O4S. The van der Waals surface area contributed by atoms with Crippen LogP contribution in [0.4, 0.5) is 0 Å². The predicted molar refractivity (Wildman–Crippen MR) is 77.9 cm³/mol. The number of methoxy groups -OCH3 is 1. The van der Waals surface area contributed by atoms with Gasteiger partial charge >= 0.3 is 11.9 Å². The van der Waals surface area contributed by atoms with Crippen LogP contribution in [0.3, 0.4) is 0 Å². The number of ether oxygens (including phenoxy) is 2. The van der Waals surface area contributed by atoms with Crippen molar-refractivity contribution in [3.8, 4) is 0 Å². The zero-order valence-electron chi connectivity index (χ0n) is 11.6. The zero-order chi connectivity index (χ0) is 14.7. The van der Waals surface area contributed by atoms with Crippen molar-refractivity contribution in [3.63, 3.8) is 0 Å². The summed E-state index contributed by atoms with van der Waals surface area (Å²) >= 11 is 1.38. The maximum atomic E-state index is 12.1. The van der Waals surface area contributed by atoms with Gasteiger partial charge in [-0.25, -0.2) is 4.79 Å². The van der Waals surface area contributed by atoms with Crippen LogP contribution in [-0.2, 0) is 14.3 Å². The minimum Gasteiger partial charge on any atom is -0.469 e. The van der Waals surface area contributed by atoms with E-state index in [1.165, 1.54) is 18.4 Å². The zero-order valence-corrected chi connectivity index (χ0v) is 12.4. The van der Waals surface area contributed by atoms with Crippen molar-refractivity contribution in [2.24, 2.45) is 5.92 Å². The largest absolute Gasteiger partial charge is 0.469 e. The molecule has 0 unspecified atom stereocenters. The first kappa shape index (κ1) is 14.5. The van der Waals surface area contributed by atoms with Gasteiger partial charge in [-0.3, -0.25) is 4.79 Å². The van der Waals surface area contributed by atoms with E-state index in [9.17, 15) is 9.59 Å². The van der Waals surface area contributed by atoms with E-state index in [4.69, 9.17) is 4.74 Å². The van der Waals surface area contributed by atoms with Crippen LogP contribution in [0.15, 0.2) is 30.3 Å². The van der Waals surface area contributed by atoms with Gasteiger partial charge in [-0.2, -0.15) is 0 Å². The van der Waals surface area contributed by atoms with Crippen molar-refractivity contribution in [2.75, 3.05) is 7.11 Å². The Morgan fingerprint density at radius 2 is 1.90 bits per heavy atom. The molecule has 2 aromatic rings. The highest BCUT2D eigenvalue weighted by molar-refractivity contribution is 7.20. The molecule has 106 valence electrons. The molecule has 20 heavy (non-hydrogen) atoms. The lowest BCUT2D eigenvalue weighted by atomic mass is 10.1. The van der Waals surface area contributed by atoms with E-state index in [1.807, 2.05) is 24.3 Å². The van der Waals surface area contributed by atoms with Crippen LogP contribution >= 0.6 is 11.3 Å². The van der Waals surface area contributed by atoms with Crippen molar-refractivity contribution in [1.82, 2.24) is 0 Å². The molecule has 4 nitrogen and oxygen atoms in total. The van der Waals surface area contributed by atoms with Crippen LogP contribution in [0.1, 0.15) is 23.5 Å². The van der Waals surface area contributed by atoms with Crippen LogP contribution in [0, 0.1) is 5.92 Å². The smallest absolute Gasteiger partial charge is 0.348 e. The Morgan fingerprint density at radius 3 is 2.55 bits per heavy atom. The third-order valence-corrected chi connectivity index (χ3v) is 4.29. The second-order valence-electron chi connectivity index (χ2n) is 4.57. The molecule has 0 amide bonds. The molecule has 0 saturated heterocycles. The standard InChI is InChI=1S/C15H16O4S/c1-9(14(16)18-3)10(2)19-15(17)13-8-11-6-4-5-7-12(11)20-13/h4-10H,1-3H3/t9-,10+/m1/s1. The summed E-state index contributed by atoms with van der Waals surface area (Å²) in [6, 6.07) is 9.56. The number of hydrogen-bond donors (Lipinski definition) is 0. The van der Waals surface area contributed by atoms with Gasteiger partial charge in [0.05, 0.1) is 13.0 Å². The Kier molecular flexibility index (Phi) is 4.39. The van der Waals surface area contributed by atoms with E-state index >= 15 is 0 Å². The molecule has 0 fully saturated rings. The summed E-state index contributed by atoms with van der Waals surface area (Å²) < 4.78 is 11.0. The number of carbonyl (C=O) groups excluding carboxylic acids is 2. The van der Waals surface area contributed by atoms with Gasteiger partial charge in [-0.1, -0.05) is 18.2 Å². The summed E-state index contributed by atoms with van der Waals surface area (Å²) in [5.74, 6) is -1.28. The summed E-state index contributed by atoms with van der Waals surface area (Å²) in [7, 11) is 1.32. The second-order valence-corrected chi connectivity index (χ2v) is 5.65. The fraction of sp³-hybridized carbons (Fsp3) is 0.333. The molecule has 0 spiro atoms. The molecular weight excluding hydrogens is 276 g/mol. The Bertz CT molecular complexity index is 599. The van der Waals surface area contributed by atoms with Crippen molar-refractivity contribution in [2.45, 2.75) is 20.0 Å². The van der Waals surface area contributed by atoms with Crippen LogP contribution in [0.25, 0.3) is 10.1 Å². The van der Waals surface area contributed by atoms with E-state index in [0.717, 1.165) is 10.1 Å². The van der Waals surface area contributed by atoms with Crippen molar-refractivity contribution in [3.05, 3.63) is 35.2 Å². The number of thiophene rings is 1. The lowest BCUT2D eigenvalue weighted by Gasteiger charge is -2.17. The Labute approximate surface area is 121 Å². The summed E-state index contributed by atoms with van der Waals surface area (Å²) in [6.45, 7) is 3.36. The Hall–Kier alpha value is -1.88. The topological polar surface area (TPSA) is 52.6 Å². The lowest BCUT2D eigenvalue weighted by molar-refractivity contribution is -0.148. The molecule has 0 aliphatic carbocycles. The van der Waals surface area contributed by atoms with E-state index < -0.39 is 18.0 Å². The summed E-state index contributed by atoms with van der Waals surface area (Å²) in [6.07, 6.45) is -0.528. The van der Waals surface area contributed by atoms with E-state index in [2.05, 4.69) is 4.74 Å². The molecule has 0 N–H and O–H groups in total. The average molecular weight is 292 g/mol. The van der Waals surface area contributed by atoms with Gasteiger partial charge in [0.2, 0.25) is 0 Å². The highest BCUT2D eigenvalue weighted by atomic mass is 32.1. The van der Waals surface area contributed by atoms with Crippen LogP contribution in [-0.4, -0.2) is 25.2 Å². The third kappa shape index (κ3) is 2.99. The van der Waals surface area contributed by atoms with Gasteiger partial charge in [0.1, 0.15) is 11.0 Å². The number of hydrogen-bond acceptors (Lipinski definition) is 5. The fourth-order valence-electron chi connectivity index (χ4n) is 1.79. The molecule has 0 bridgehead atoms. The Balaban J connectivity index is 2.09. The van der Waals surface area contributed by atoms with Gasteiger partial charge in [-0.05, 0) is 31.4 Å². The minimum absolute atomic E-state index is 0.387. The Morgan fingerprint density at radius 1 is 1.20 bits per heavy atom. The second kappa shape index (κ2) is 6.05. The van der Waals surface area contributed by atoms with Crippen molar-refractivity contribution in [1.29, 1.82) is 0 Å². The van der Waals surface area contributed by atoms with Crippen molar-refractivity contribution < 1.29 is 19.1 Å². The lowest BCUT2D eigenvalue weighted by Crippen LogP contribution is -2.28. The number of benzene rings is 1. The van der Waals surface area contributed by atoms with E-state index in [0.29, 0.717) is 4.88 Å². The van der Waals surface area contributed by atoms with Gasteiger partial charge < -0.3 is 9.47 Å². The fourth-order valence-corrected chi connectivity index (χ4v) is 2.73. The number of esters is 2. The molecule has 0 saturated carbocycles. The van der Waals surface area contributed by atoms with Gasteiger partial charge in [-0.15, -0.1) is 11.3 Å². The first-order chi connectivity index (χ1) is 9.52. The average Bonchev–Trinajstić information content (AvgIpc) is 2.89. The molecule has 2 rings (SSSR count). The van der Waals surface area contributed by atoms with Gasteiger partial charge in [0, 0.05) is 4.70 Å². The van der Waals surface area contributed by atoms with Crippen LogP contribution in [0.5, 0.6) is 0 Å². The quantitative estimate of drug-likeness (QED) is 0.812. The molecule has 2 atom stereocenters. The highest BCUT2D eigenvalue weighted by Crippen LogP contribution is 2.26. The predicted octanol–water partition coefficient (Wildman–Crippen LogP) is 3.26. The normalized spacial score (nSPS) is 13.8. The summed E-state index contributed by atoms with van der Waals surface area (Å²) in [4.78, 5) is 24.0. The molecule has 1 heterocycles. The van der Waals surface area contributed by atoms with Crippen LogP contribution in [0.2, 0.25) is 0 Å². The number of fused-ring (bicyclic) bond motifs is 1. The maximum absolute atomic E-state index is 12.1. The molecule has 0 aliphatic heterocycles. The number of carbonyl (C=O) groups is 2. The van der Waals surface area contributed by atoms with Crippen molar-refractivity contribution >= 4 is 33.4 Å². The molecule has 1 aromatic heterocycles. The first-order valence-corrected chi connectivity index (χ1v) is 7.12. The van der Waals surface area contributed by atoms with E-state index in [-0.39, 0.29) is 5.97 Å². The molecule has 0 radical (unpaired) electrons. The van der Waals surface area contributed by atoms with Gasteiger partial charge in [0.15, 0.2) is 0 Å².